The molecular formula is C16H33ClO2. The highest BCUT2D eigenvalue weighted by atomic mass is 35.5. The zero-order chi connectivity index (χ0) is 13.5. The first-order valence-electron chi connectivity index (χ1n) is 7.95. The Kier molecular flexibility index (Phi) is 20.0. The van der Waals surface area contributed by atoms with E-state index in [9.17, 15) is 4.79 Å². The SMILES string of the molecule is CCCCCCCCCCCCCCCC(=O)Cl.O. The second-order valence-electron chi connectivity index (χ2n) is 5.35. The summed E-state index contributed by atoms with van der Waals surface area (Å²) >= 11 is 5.28. The van der Waals surface area contributed by atoms with Crippen molar-refractivity contribution in [3.63, 3.8) is 0 Å². The van der Waals surface area contributed by atoms with E-state index in [1.165, 1.54) is 70.6 Å². The highest BCUT2D eigenvalue weighted by molar-refractivity contribution is 6.63. The summed E-state index contributed by atoms with van der Waals surface area (Å²) in [5, 5.41) is -0.182. The summed E-state index contributed by atoms with van der Waals surface area (Å²) < 4.78 is 0. The molecule has 0 bridgehead atoms. The van der Waals surface area contributed by atoms with Gasteiger partial charge in [-0.15, -0.1) is 0 Å². The lowest BCUT2D eigenvalue weighted by Gasteiger charge is -2.02. The standard InChI is InChI=1S/C16H31ClO.H2O/c1-2-3-4-5-6-7-8-9-10-11-12-13-14-15-16(17)18;/h2-15H2,1H3;1H2. The van der Waals surface area contributed by atoms with E-state index in [1.807, 2.05) is 0 Å². The largest absolute Gasteiger partial charge is 0.412 e. The fraction of sp³-hybridized carbons (Fsp3) is 0.938. The first-order chi connectivity index (χ1) is 8.77. The number of unbranched alkanes of at least 4 members (excludes halogenated alkanes) is 12. The Labute approximate surface area is 124 Å². The number of hydrogen-bond acceptors (Lipinski definition) is 1. The van der Waals surface area contributed by atoms with Gasteiger partial charge in [0.25, 0.3) is 0 Å². The molecule has 0 spiro atoms. The topological polar surface area (TPSA) is 48.6 Å². The third kappa shape index (κ3) is 20.4. The average Bonchev–Trinajstić information content (AvgIpc) is 2.34. The number of carbonyl (C=O) groups excluding carboxylic acids is 1. The van der Waals surface area contributed by atoms with Gasteiger partial charge in [-0.2, -0.15) is 0 Å². The first-order valence-corrected chi connectivity index (χ1v) is 8.33. The van der Waals surface area contributed by atoms with Crippen molar-refractivity contribution in [3.8, 4) is 0 Å². The fourth-order valence-electron chi connectivity index (χ4n) is 2.28. The third-order valence-corrected chi connectivity index (χ3v) is 3.67. The van der Waals surface area contributed by atoms with Gasteiger partial charge in [-0.1, -0.05) is 84.0 Å². The Balaban J connectivity index is 0. The first kappa shape index (κ1) is 21.2. The van der Waals surface area contributed by atoms with Crippen LogP contribution in [0.4, 0.5) is 0 Å². The van der Waals surface area contributed by atoms with Crippen LogP contribution in [0.1, 0.15) is 96.8 Å². The summed E-state index contributed by atoms with van der Waals surface area (Å²) in [5.74, 6) is 0. The summed E-state index contributed by atoms with van der Waals surface area (Å²) in [7, 11) is 0. The number of halogens is 1. The van der Waals surface area contributed by atoms with Crippen LogP contribution in [0.5, 0.6) is 0 Å². The molecule has 0 heterocycles. The molecule has 19 heavy (non-hydrogen) atoms. The zero-order valence-electron chi connectivity index (χ0n) is 12.7. The van der Waals surface area contributed by atoms with Crippen LogP contribution in [0.3, 0.4) is 0 Å². The van der Waals surface area contributed by atoms with E-state index in [2.05, 4.69) is 6.92 Å². The lowest BCUT2D eigenvalue weighted by molar-refractivity contribution is -0.111. The van der Waals surface area contributed by atoms with Crippen molar-refractivity contribution in [2.75, 3.05) is 0 Å². The molecule has 0 atom stereocenters. The van der Waals surface area contributed by atoms with Gasteiger partial charge in [-0.05, 0) is 18.0 Å². The Hall–Kier alpha value is -0.0800. The summed E-state index contributed by atoms with van der Waals surface area (Å²) in [4.78, 5) is 10.5. The maximum atomic E-state index is 10.5. The van der Waals surface area contributed by atoms with Crippen LogP contribution in [-0.2, 0) is 4.79 Å². The van der Waals surface area contributed by atoms with Gasteiger partial charge in [0, 0.05) is 6.42 Å². The summed E-state index contributed by atoms with van der Waals surface area (Å²) in [6.45, 7) is 2.27. The maximum absolute atomic E-state index is 10.5. The zero-order valence-corrected chi connectivity index (χ0v) is 13.4. The van der Waals surface area contributed by atoms with E-state index < -0.39 is 0 Å². The molecule has 0 rings (SSSR count). The molecule has 0 aliphatic heterocycles. The van der Waals surface area contributed by atoms with E-state index in [-0.39, 0.29) is 10.7 Å². The second kappa shape index (κ2) is 17.9. The van der Waals surface area contributed by atoms with Crippen LogP contribution in [0.2, 0.25) is 0 Å². The van der Waals surface area contributed by atoms with E-state index in [4.69, 9.17) is 11.6 Å². The van der Waals surface area contributed by atoms with Gasteiger partial charge in [-0.25, -0.2) is 0 Å². The van der Waals surface area contributed by atoms with Gasteiger partial charge >= 0.3 is 0 Å². The normalized spacial score (nSPS) is 10.2. The molecule has 0 radical (unpaired) electrons. The minimum absolute atomic E-state index is 0. The van der Waals surface area contributed by atoms with E-state index in [0.717, 1.165) is 12.8 Å². The molecule has 0 aromatic rings. The minimum Gasteiger partial charge on any atom is -0.412 e. The lowest BCUT2D eigenvalue weighted by Crippen LogP contribution is -1.86. The highest BCUT2D eigenvalue weighted by Crippen LogP contribution is 2.13. The molecule has 2 nitrogen and oxygen atoms in total. The maximum Gasteiger partial charge on any atom is 0.221 e. The molecule has 0 aromatic carbocycles. The molecule has 2 N–H and O–H groups in total. The quantitative estimate of drug-likeness (QED) is 0.312. The van der Waals surface area contributed by atoms with E-state index in [0.29, 0.717) is 6.42 Å². The van der Waals surface area contributed by atoms with E-state index in [1.54, 1.807) is 0 Å². The minimum atomic E-state index is -0.182. The van der Waals surface area contributed by atoms with Crippen molar-refractivity contribution in [2.24, 2.45) is 0 Å². The van der Waals surface area contributed by atoms with Gasteiger partial charge in [0.05, 0.1) is 0 Å². The smallest absolute Gasteiger partial charge is 0.221 e. The monoisotopic (exact) mass is 292 g/mol. The molecule has 0 saturated heterocycles. The molecule has 0 saturated carbocycles. The van der Waals surface area contributed by atoms with E-state index >= 15 is 0 Å². The van der Waals surface area contributed by atoms with Crippen molar-refractivity contribution in [3.05, 3.63) is 0 Å². The number of rotatable bonds is 14. The van der Waals surface area contributed by atoms with Gasteiger partial charge in [0.15, 0.2) is 0 Å². The van der Waals surface area contributed by atoms with Crippen LogP contribution in [0.25, 0.3) is 0 Å². The molecule has 0 aliphatic carbocycles. The van der Waals surface area contributed by atoms with Crippen molar-refractivity contribution < 1.29 is 10.3 Å². The number of carbonyl (C=O) groups is 1. The van der Waals surface area contributed by atoms with Crippen molar-refractivity contribution in [1.82, 2.24) is 0 Å². The van der Waals surface area contributed by atoms with Gasteiger partial charge in [0.1, 0.15) is 0 Å². The Morgan fingerprint density at radius 1 is 0.684 bits per heavy atom. The second-order valence-corrected chi connectivity index (χ2v) is 5.77. The predicted molar refractivity (Wildman–Crippen MR) is 84.8 cm³/mol. The molecular weight excluding hydrogens is 260 g/mol. The van der Waals surface area contributed by atoms with Crippen LogP contribution in [0.15, 0.2) is 0 Å². The molecule has 3 heteroatoms. The Morgan fingerprint density at radius 3 is 1.32 bits per heavy atom. The molecule has 0 aliphatic rings. The van der Waals surface area contributed by atoms with Crippen LogP contribution >= 0.6 is 11.6 Å². The van der Waals surface area contributed by atoms with Crippen molar-refractivity contribution >= 4 is 16.8 Å². The summed E-state index contributed by atoms with van der Waals surface area (Å²) in [6.07, 6.45) is 17.9. The van der Waals surface area contributed by atoms with Gasteiger partial charge in [-0.3, -0.25) is 4.79 Å². The molecule has 0 unspecified atom stereocenters. The molecule has 0 aromatic heterocycles. The van der Waals surface area contributed by atoms with Crippen LogP contribution in [-0.4, -0.2) is 10.7 Å². The van der Waals surface area contributed by atoms with Crippen molar-refractivity contribution in [1.29, 1.82) is 0 Å². The van der Waals surface area contributed by atoms with Gasteiger partial charge in [0.2, 0.25) is 5.24 Å². The van der Waals surface area contributed by atoms with Crippen LogP contribution in [0, 0.1) is 0 Å². The summed E-state index contributed by atoms with van der Waals surface area (Å²) in [5.41, 5.74) is 0. The van der Waals surface area contributed by atoms with Gasteiger partial charge < -0.3 is 5.48 Å². The third-order valence-electron chi connectivity index (χ3n) is 3.48. The highest BCUT2D eigenvalue weighted by Gasteiger charge is 1.96. The average molecular weight is 293 g/mol. The van der Waals surface area contributed by atoms with Crippen molar-refractivity contribution in [2.45, 2.75) is 96.8 Å². The Morgan fingerprint density at radius 2 is 1.00 bits per heavy atom. The fourth-order valence-corrected chi connectivity index (χ4v) is 2.42. The number of hydrogen-bond donors (Lipinski definition) is 0. The Bertz CT molecular complexity index is 184. The summed E-state index contributed by atoms with van der Waals surface area (Å²) in [6, 6.07) is 0. The predicted octanol–water partition coefficient (Wildman–Crippen LogP) is 5.41. The lowest BCUT2D eigenvalue weighted by atomic mass is 10.0. The molecule has 0 fully saturated rings. The molecule has 116 valence electrons. The van der Waals surface area contributed by atoms with Crippen LogP contribution < -0.4 is 0 Å². The molecule has 0 amide bonds.